The van der Waals surface area contributed by atoms with E-state index >= 15 is 0 Å². The van der Waals surface area contributed by atoms with E-state index in [1.807, 2.05) is 0 Å². The summed E-state index contributed by atoms with van der Waals surface area (Å²) in [4.78, 5) is 0. The number of fused-ring (bicyclic) bond motifs is 6. The van der Waals surface area contributed by atoms with Crippen LogP contribution in [0, 0.1) is 0 Å². The second kappa shape index (κ2) is 9.00. The van der Waals surface area contributed by atoms with Crippen molar-refractivity contribution < 1.29 is 0 Å². The number of rotatable bonds is 3. The van der Waals surface area contributed by atoms with Gasteiger partial charge in [0.1, 0.15) is 0 Å². The Hall–Kier alpha value is -2.55. The summed E-state index contributed by atoms with van der Waals surface area (Å²) in [6.45, 7) is 2.24. The fraction of sp³-hybridized carbons (Fsp3) is 0.200. The summed E-state index contributed by atoms with van der Waals surface area (Å²) in [6, 6.07) is 29.4. The van der Waals surface area contributed by atoms with Crippen LogP contribution in [-0.2, 0) is 12.8 Å². The largest absolute Gasteiger partial charge is 0.378 e. The van der Waals surface area contributed by atoms with Crippen LogP contribution in [0.2, 0.25) is 0 Å². The Bertz CT molecular complexity index is 1480. The molecule has 0 bridgehead atoms. The van der Waals surface area contributed by atoms with Crippen LogP contribution in [-0.4, -0.2) is 0 Å². The van der Waals surface area contributed by atoms with Crippen LogP contribution in [0.3, 0.4) is 0 Å². The normalized spacial score (nSPS) is 15.4. The van der Waals surface area contributed by atoms with E-state index in [2.05, 4.69) is 107 Å². The molecule has 5 aromatic carbocycles. The highest BCUT2D eigenvalue weighted by Crippen LogP contribution is 2.42. The van der Waals surface area contributed by atoms with Crippen molar-refractivity contribution in [1.82, 2.24) is 0 Å². The van der Waals surface area contributed by atoms with Crippen molar-refractivity contribution in [2.75, 3.05) is 5.32 Å². The molecule has 0 aliphatic heterocycles. The van der Waals surface area contributed by atoms with Gasteiger partial charge in [-0.15, -0.1) is 12.4 Å². The summed E-state index contributed by atoms with van der Waals surface area (Å²) in [7, 11) is 0. The first-order chi connectivity index (χ1) is 15.7. The minimum absolute atomic E-state index is 0. The van der Waals surface area contributed by atoms with Crippen LogP contribution in [0.15, 0.2) is 83.3 Å². The van der Waals surface area contributed by atoms with E-state index in [9.17, 15) is 0 Å². The number of hydrogen-bond acceptors (Lipinski definition) is 1. The van der Waals surface area contributed by atoms with Crippen molar-refractivity contribution in [2.45, 2.75) is 38.6 Å². The maximum atomic E-state index is 3.96. The zero-order chi connectivity index (χ0) is 21.7. The molecule has 0 saturated heterocycles. The topological polar surface area (TPSA) is 12.0 Å². The molecule has 0 saturated carbocycles. The molecule has 0 unspecified atom stereocenters. The first-order valence-electron chi connectivity index (χ1n) is 11.6. The monoisotopic (exact) mass is 515 g/mol. The zero-order valence-corrected chi connectivity index (χ0v) is 21.1. The third kappa shape index (κ3) is 3.70. The van der Waals surface area contributed by atoms with Crippen molar-refractivity contribution in [3.8, 4) is 0 Å². The van der Waals surface area contributed by atoms with E-state index in [4.69, 9.17) is 0 Å². The van der Waals surface area contributed by atoms with Gasteiger partial charge in [0.05, 0.1) is 6.04 Å². The van der Waals surface area contributed by atoms with Gasteiger partial charge in [0.2, 0.25) is 0 Å². The maximum Gasteiger partial charge on any atom is 0.0517 e. The Labute approximate surface area is 209 Å². The highest BCUT2D eigenvalue weighted by molar-refractivity contribution is 9.10. The molecule has 0 heterocycles. The molecule has 0 radical (unpaired) electrons. The van der Waals surface area contributed by atoms with Crippen molar-refractivity contribution in [3.63, 3.8) is 0 Å². The van der Waals surface area contributed by atoms with Gasteiger partial charge >= 0.3 is 0 Å². The van der Waals surface area contributed by atoms with Crippen LogP contribution in [0.4, 0.5) is 5.69 Å². The molecule has 33 heavy (non-hydrogen) atoms. The summed E-state index contributed by atoms with van der Waals surface area (Å²) < 4.78 is 1.23. The van der Waals surface area contributed by atoms with Gasteiger partial charge in [0.15, 0.2) is 0 Å². The summed E-state index contributed by atoms with van der Waals surface area (Å²) >= 11 is 3.96. The van der Waals surface area contributed by atoms with E-state index in [-0.39, 0.29) is 12.4 Å². The van der Waals surface area contributed by atoms with Crippen LogP contribution in [0.25, 0.3) is 32.3 Å². The number of benzene rings is 5. The zero-order valence-electron chi connectivity index (χ0n) is 18.7. The van der Waals surface area contributed by atoms with Gasteiger partial charge in [-0.25, -0.2) is 0 Å². The van der Waals surface area contributed by atoms with Crippen molar-refractivity contribution in [3.05, 3.63) is 100 Å². The van der Waals surface area contributed by atoms with Crippen molar-refractivity contribution in [2.24, 2.45) is 0 Å². The summed E-state index contributed by atoms with van der Waals surface area (Å²) in [5.74, 6) is 0. The molecule has 0 spiro atoms. The van der Waals surface area contributed by atoms with E-state index in [0.717, 1.165) is 19.3 Å². The lowest BCUT2D eigenvalue weighted by Gasteiger charge is -2.29. The highest BCUT2D eigenvalue weighted by Gasteiger charge is 2.24. The fourth-order valence-electron chi connectivity index (χ4n) is 5.61. The lowest BCUT2D eigenvalue weighted by atomic mass is 9.83. The molecule has 0 fully saturated rings. The number of anilines is 1. The molecular weight excluding hydrogens is 490 g/mol. The Morgan fingerprint density at radius 2 is 1.64 bits per heavy atom. The molecule has 3 heteroatoms. The van der Waals surface area contributed by atoms with Gasteiger partial charge in [0.25, 0.3) is 0 Å². The fourth-order valence-corrected chi connectivity index (χ4v) is 6.29. The van der Waals surface area contributed by atoms with Crippen molar-refractivity contribution in [1.29, 1.82) is 0 Å². The number of nitrogens with one attached hydrogen (secondary N) is 1. The molecule has 166 valence electrons. The Kier molecular flexibility index (Phi) is 6.07. The Morgan fingerprint density at radius 1 is 0.848 bits per heavy atom. The van der Waals surface area contributed by atoms with Gasteiger partial charge in [-0.3, -0.25) is 0 Å². The molecule has 1 aliphatic rings. The molecule has 1 N–H and O–H groups in total. The lowest BCUT2D eigenvalue weighted by molar-refractivity contribution is 0.604. The standard InChI is InChI=1S/C30H26BrN.ClH/c1-2-19-9-5-12-22-25-17-16-23-24(30(25)27(31)18-26(19)22)13-7-15-29(23)32-28-14-6-10-20-8-3-4-11-21(20)28;/h3-6,8-12,14,16-18,29,32H,2,7,13,15H2,1H3;1H/t29-;/m0./s1. The third-order valence-corrected chi connectivity index (χ3v) is 7.77. The molecule has 5 aromatic rings. The summed E-state index contributed by atoms with van der Waals surface area (Å²) in [5, 5.41) is 12.0. The Balaban J connectivity index is 0.00000228. The van der Waals surface area contributed by atoms with Gasteiger partial charge in [-0.2, -0.15) is 0 Å². The van der Waals surface area contributed by atoms with Gasteiger partial charge in [-0.05, 0) is 76.1 Å². The van der Waals surface area contributed by atoms with E-state index < -0.39 is 0 Å². The lowest BCUT2D eigenvalue weighted by Crippen LogP contribution is -2.18. The molecule has 0 aromatic heterocycles. The second-order valence-electron chi connectivity index (χ2n) is 8.90. The predicted molar refractivity (Wildman–Crippen MR) is 149 cm³/mol. The minimum Gasteiger partial charge on any atom is -0.378 e. The molecule has 1 aliphatic carbocycles. The maximum absolute atomic E-state index is 3.96. The number of hydrogen-bond donors (Lipinski definition) is 1. The van der Waals surface area contributed by atoms with Crippen molar-refractivity contribution >= 4 is 66.3 Å². The quantitative estimate of drug-likeness (QED) is 0.235. The van der Waals surface area contributed by atoms with Gasteiger partial charge in [-0.1, -0.05) is 89.6 Å². The van der Waals surface area contributed by atoms with Crippen LogP contribution in [0.5, 0.6) is 0 Å². The molecule has 1 atom stereocenters. The first kappa shape index (κ1) is 22.3. The smallest absolute Gasteiger partial charge is 0.0517 e. The number of aryl methyl sites for hydroxylation is 2. The highest BCUT2D eigenvalue weighted by atomic mass is 79.9. The average molecular weight is 517 g/mol. The Morgan fingerprint density at radius 3 is 2.52 bits per heavy atom. The van der Waals surface area contributed by atoms with Crippen LogP contribution >= 0.6 is 28.3 Å². The second-order valence-corrected chi connectivity index (χ2v) is 9.75. The van der Waals surface area contributed by atoms with Crippen LogP contribution in [0.1, 0.15) is 42.5 Å². The predicted octanol–water partition coefficient (Wildman–Crippen LogP) is 9.38. The average Bonchev–Trinajstić information content (AvgIpc) is 2.84. The van der Waals surface area contributed by atoms with E-state index in [1.165, 1.54) is 65.6 Å². The first-order valence-corrected chi connectivity index (χ1v) is 12.4. The third-order valence-electron chi connectivity index (χ3n) is 7.14. The minimum atomic E-state index is 0. The summed E-state index contributed by atoms with van der Waals surface area (Å²) in [5.41, 5.74) is 5.59. The molecule has 0 amide bonds. The number of halogens is 2. The van der Waals surface area contributed by atoms with Gasteiger partial charge < -0.3 is 5.32 Å². The molecular formula is C30H27BrClN. The van der Waals surface area contributed by atoms with E-state index in [1.54, 1.807) is 0 Å². The van der Waals surface area contributed by atoms with Crippen LogP contribution < -0.4 is 5.32 Å². The molecule has 6 rings (SSSR count). The van der Waals surface area contributed by atoms with E-state index in [0.29, 0.717) is 6.04 Å². The molecule has 1 nitrogen and oxygen atoms in total. The van der Waals surface area contributed by atoms with Gasteiger partial charge in [0, 0.05) is 20.9 Å². The SMILES string of the molecule is CCc1cccc2c1cc(Br)c1c3c(ccc12)[C@@H](Nc1cccc2ccccc12)CCC3.Cl. The summed E-state index contributed by atoms with van der Waals surface area (Å²) in [6.07, 6.45) is 4.55.